The second-order valence-corrected chi connectivity index (χ2v) is 9.67. The van der Waals surface area contributed by atoms with Crippen LogP contribution in [0.15, 0.2) is 71.7 Å². The van der Waals surface area contributed by atoms with Crippen LogP contribution in [-0.4, -0.2) is 48.5 Å². The van der Waals surface area contributed by atoms with Crippen molar-refractivity contribution >= 4 is 51.7 Å². The lowest BCUT2D eigenvalue weighted by atomic mass is 10.1. The Kier molecular flexibility index (Phi) is 8.58. The molecule has 1 unspecified atom stereocenters. The first-order valence-corrected chi connectivity index (χ1v) is 12.6. The standard InChI is InChI=1S/C27H26ClN3O5S/c1-34-21-11-9-19(10-12-21)29-26(33)24-15-25(32)31(16-17-4-13-22(35-2)23(14-17)36-3)27(37-24)30-20-7-5-18(28)6-8-20/h4-14,24H,15-16H2,1-3H3,(H,29,33). The van der Waals surface area contributed by atoms with Crippen LogP contribution < -0.4 is 19.5 Å². The van der Waals surface area contributed by atoms with E-state index < -0.39 is 5.25 Å². The van der Waals surface area contributed by atoms with Gasteiger partial charge >= 0.3 is 0 Å². The Morgan fingerprint density at radius 2 is 1.70 bits per heavy atom. The molecule has 0 spiro atoms. The molecule has 192 valence electrons. The van der Waals surface area contributed by atoms with Crippen molar-refractivity contribution in [3.63, 3.8) is 0 Å². The summed E-state index contributed by atoms with van der Waals surface area (Å²) < 4.78 is 15.9. The molecule has 37 heavy (non-hydrogen) atoms. The zero-order chi connectivity index (χ0) is 26.4. The number of methoxy groups -OCH3 is 3. The average molecular weight is 540 g/mol. The Balaban J connectivity index is 1.59. The molecule has 1 atom stereocenters. The van der Waals surface area contributed by atoms with E-state index in [1.165, 1.54) is 11.8 Å². The fraction of sp³-hybridized carbons (Fsp3) is 0.222. The van der Waals surface area contributed by atoms with Gasteiger partial charge in [-0.15, -0.1) is 0 Å². The monoisotopic (exact) mass is 539 g/mol. The smallest absolute Gasteiger partial charge is 0.238 e. The van der Waals surface area contributed by atoms with Gasteiger partial charge in [0, 0.05) is 17.1 Å². The molecule has 0 aliphatic carbocycles. The van der Waals surface area contributed by atoms with E-state index in [-0.39, 0.29) is 24.8 Å². The summed E-state index contributed by atoms with van der Waals surface area (Å²) in [5, 5.41) is 3.23. The summed E-state index contributed by atoms with van der Waals surface area (Å²) in [6, 6.07) is 19.5. The van der Waals surface area contributed by atoms with Crippen LogP contribution in [-0.2, 0) is 16.1 Å². The molecular weight excluding hydrogens is 514 g/mol. The Labute approximate surface area is 224 Å². The van der Waals surface area contributed by atoms with Gasteiger partial charge in [-0.1, -0.05) is 29.4 Å². The molecule has 10 heteroatoms. The molecule has 1 fully saturated rings. The number of carbonyl (C=O) groups is 2. The Hall–Kier alpha value is -3.69. The van der Waals surface area contributed by atoms with Crippen molar-refractivity contribution in [1.82, 2.24) is 4.90 Å². The maximum atomic E-state index is 13.3. The Bertz CT molecular complexity index is 1300. The Morgan fingerprint density at radius 3 is 2.35 bits per heavy atom. The minimum absolute atomic E-state index is 0.0274. The van der Waals surface area contributed by atoms with Gasteiger partial charge in [-0.3, -0.25) is 14.5 Å². The highest BCUT2D eigenvalue weighted by Crippen LogP contribution is 2.33. The molecule has 1 N–H and O–H groups in total. The van der Waals surface area contributed by atoms with Gasteiger partial charge in [0.2, 0.25) is 11.8 Å². The molecule has 8 nitrogen and oxygen atoms in total. The van der Waals surface area contributed by atoms with E-state index in [1.54, 1.807) is 80.8 Å². The minimum Gasteiger partial charge on any atom is -0.497 e. The summed E-state index contributed by atoms with van der Waals surface area (Å²) in [4.78, 5) is 32.7. The summed E-state index contributed by atoms with van der Waals surface area (Å²) in [7, 11) is 4.70. The molecule has 1 aliphatic heterocycles. The third-order valence-electron chi connectivity index (χ3n) is 5.63. The van der Waals surface area contributed by atoms with E-state index >= 15 is 0 Å². The van der Waals surface area contributed by atoms with Crippen LogP contribution in [0.25, 0.3) is 0 Å². The maximum absolute atomic E-state index is 13.3. The lowest BCUT2D eigenvalue weighted by Crippen LogP contribution is -2.44. The van der Waals surface area contributed by atoms with Crippen LogP contribution in [0.1, 0.15) is 12.0 Å². The van der Waals surface area contributed by atoms with Crippen molar-refractivity contribution in [2.75, 3.05) is 26.6 Å². The predicted molar refractivity (Wildman–Crippen MR) is 146 cm³/mol. The van der Waals surface area contributed by atoms with Crippen molar-refractivity contribution in [1.29, 1.82) is 0 Å². The van der Waals surface area contributed by atoms with Gasteiger partial charge in [0.25, 0.3) is 0 Å². The van der Waals surface area contributed by atoms with Crippen LogP contribution in [0.4, 0.5) is 11.4 Å². The second-order valence-electron chi connectivity index (χ2n) is 8.07. The summed E-state index contributed by atoms with van der Waals surface area (Å²) in [6.45, 7) is 0.255. The van der Waals surface area contributed by atoms with Crippen LogP contribution in [0.5, 0.6) is 17.2 Å². The lowest BCUT2D eigenvalue weighted by molar-refractivity contribution is -0.129. The SMILES string of the molecule is COc1ccc(NC(=O)C2CC(=O)N(Cc3ccc(OC)c(OC)c3)C(=Nc3ccc(Cl)cc3)S2)cc1. The molecular formula is C27H26ClN3O5S. The first kappa shape index (κ1) is 26.4. The van der Waals surface area contributed by atoms with Gasteiger partial charge in [0.15, 0.2) is 16.7 Å². The average Bonchev–Trinajstić information content (AvgIpc) is 2.91. The number of benzene rings is 3. The van der Waals surface area contributed by atoms with Crippen molar-refractivity contribution in [3.8, 4) is 17.2 Å². The summed E-state index contributed by atoms with van der Waals surface area (Å²) >= 11 is 7.27. The number of carbonyl (C=O) groups excluding carboxylic acids is 2. The predicted octanol–water partition coefficient (Wildman–Crippen LogP) is 5.53. The summed E-state index contributed by atoms with van der Waals surface area (Å²) in [6.07, 6.45) is 0.0274. The summed E-state index contributed by atoms with van der Waals surface area (Å²) in [5.74, 6) is 1.35. The van der Waals surface area contributed by atoms with Crippen molar-refractivity contribution in [2.24, 2.45) is 4.99 Å². The number of amides is 2. The van der Waals surface area contributed by atoms with Crippen molar-refractivity contribution in [2.45, 2.75) is 18.2 Å². The molecule has 0 radical (unpaired) electrons. The number of anilines is 1. The minimum atomic E-state index is -0.651. The molecule has 0 saturated carbocycles. The van der Waals surface area contributed by atoms with Crippen LogP contribution in [0.3, 0.4) is 0 Å². The van der Waals surface area contributed by atoms with E-state index in [9.17, 15) is 9.59 Å². The van der Waals surface area contributed by atoms with Gasteiger partial charge in [-0.2, -0.15) is 0 Å². The molecule has 1 saturated heterocycles. The van der Waals surface area contributed by atoms with E-state index in [4.69, 9.17) is 30.8 Å². The second kappa shape index (κ2) is 12.0. The molecule has 3 aromatic rings. The van der Waals surface area contributed by atoms with E-state index in [0.717, 1.165) is 5.56 Å². The molecule has 0 bridgehead atoms. The van der Waals surface area contributed by atoms with E-state index in [2.05, 4.69) is 5.32 Å². The number of amidine groups is 1. The third-order valence-corrected chi connectivity index (χ3v) is 7.07. The van der Waals surface area contributed by atoms with Gasteiger partial charge in [0.05, 0.1) is 33.6 Å². The lowest BCUT2D eigenvalue weighted by Gasteiger charge is -2.32. The highest BCUT2D eigenvalue weighted by molar-refractivity contribution is 8.15. The molecule has 1 heterocycles. The fourth-order valence-electron chi connectivity index (χ4n) is 3.68. The number of rotatable bonds is 8. The van der Waals surface area contributed by atoms with Gasteiger partial charge in [0.1, 0.15) is 11.0 Å². The summed E-state index contributed by atoms with van der Waals surface area (Å²) in [5.41, 5.74) is 2.06. The number of aliphatic imine (C=N–C) groups is 1. The maximum Gasteiger partial charge on any atom is 0.238 e. The quantitative estimate of drug-likeness (QED) is 0.405. The molecule has 2 amide bonds. The number of nitrogens with zero attached hydrogens (tertiary/aromatic N) is 2. The fourth-order valence-corrected chi connectivity index (χ4v) is 4.91. The number of halogens is 1. The van der Waals surface area contributed by atoms with Gasteiger partial charge in [-0.05, 0) is 66.2 Å². The molecule has 3 aromatic carbocycles. The van der Waals surface area contributed by atoms with E-state index in [0.29, 0.717) is 38.8 Å². The molecule has 1 aliphatic rings. The number of ether oxygens (including phenoxy) is 3. The van der Waals surface area contributed by atoms with Crippen LogP contribution in [0, 0.1) is 0 Å². The molecule has 4 rings (SSSR count). The van der Waals surface area contributed by atoms with Crippen molar-refractivity contribution in [3.05, 3.63) is 77.3 Å². The first-order valence-electron chi connectivity index (χ1n) is 11.4. The van der Waals surface area contributed by atoms with Crippen LogP contribution >= 0.6 is 23.4 Å². The highest BCUT2D eigenvalue weighted by Gasteiger charge is 2.36. The highest BCUT2D eigenvalue weighted by atomic mass is 35.5. The first-order chi connectivity index (χ1) is 17.9. The normalized spacial score (nSPS) is 16.4. The largest absolute Gasteiger partial charge is 0.497 e. The van der Waals surface area contributed by atoms with Crippen LogP contribution in [0.2, 0.25) is 5.02 Å². The van der Waals surface area contributed by atoms with Gasteiger partial charge < -0.3 is 19.5 Å². The van der Waals surface area contributed by atoms with Gasteiger partial charge in [-0.25, -0.2) is 4.99 Å². The topological polar surface area (TPSA) is 89.5 Å². The number of thioether (sulfide) groups is 1. The third kappa shape index (κ3) is 6.55. The number of nitrogens with one attached hydrogen (secondary N) is 1. The Morgan fingerprint density at radius 1 is 1.00 bits per heavy atom. The molecule has 0 aromatic heterocycles. The zero-order valence-corrected chi connectivity index (χ0v) is 22.1. The number of hydrogen-bond donors (Lipinski definition) is 1. The van der Waals surface area contributed by atoms with E-state index in [1.807, 2.05) is 12.1 Å². The van der Waals surface area contributed by atoms with Crippen molar-refractivity contribution < 1.29 is 23.8 Å². The number of hydrogen-bond acceptors (Lipinski definition) is 7. The zero-order valence-electron chi connectivity index (χ0n) is 20.6.